The molecule has 8 nitrogen and oxygen atoms in total. The van der Waals surface area contributed by atoms with Crippen LogP contribution in [-0.4, -0.2) is 60.6 Å². The lowest BCUT2D eigenvalue weighted by atomic mass is 10.1. The number of hydrogen-bond acceptors (Lipinski definition) is 6. The smallest absolute Gasteiger partial charge is 0.407 e. The lowest BCUT2D eigenvalue weighted by Gasteiger charge is -2.24. The summed E-state index contributed by atoms with van der Waals surface area (Å²) in [7, 11) is 0. The molecule has 4 unspecified atom stereocenters. The van der Waals surface area contributed by atoms with Crippen molar-refractivity contribution in [3.63, 3.8) is 0 Å². The molecule has 0 rings (SSSR count). The summed E-state index contributed by atoms with van der Waals surface area (Å²) in [5.41, 5.74) is -0.961. The van der Waals surface area contributed by atoms with Gasteiger partial charge in [-0.05, 0) is 108 Å². The zero-order valence-corrected chi connectivity index (χ0v) is 22.2. The molecule has 0 aromatic rings. The maximum Gasteiger partial charge on any atom is 0.407 e. The van der Waals surface area contributed by atoms with Gasteiger partial charge < -0.3 is 30.7 Å². The second-order valence-electron chi connectivity index (χ2n) is 11.0. The minimum atomic E-state index is -0.480. The summed E-state index contributed by atoms with van der Waals surface area (Å²) in [4.78, 5) is 23.6. The Hall–Kier alpha value is -1.54. The van der Waals surface area contributed by atoms with Crippen molar-refractivity contribution >= 4 is 12.2 Å². The predicted molar refractivity (Wildman–Crippen MR) is 131 cm³/mol. The van der Waals surface area contributed by atoms with Crippen LogP contribution in [0.5, 0.6) is 0 Å². The van der Waals surface area contributed by atoms with Gasteiger partial charge in [0.25, 0.3) is 0 Å². The van der Waals surface area contributed by atoms with Gasteiger partial charge in [0.15, 0.2) is 0 Å². The Morgan fingerprint density at radius 2 is 0.938 bits per heavy atom. The molecule has 0 aromatic heterocycles. The first-order valence-electron chi connectivity index (χ1n) is 12.0. The van der Waals surface area contributed by atoms with Gasteiger partial charge in [-0.25, -0.2) is 9.59 Å². The lowest BCUT2D eigenvalue weighted by Crippen LogP contribution is -2.41. The van der Waals surface area contributed by atoms with Crippen molar-refractivity contribution in [2.24, 2.45) is 0 Å². The van der Waals surface area contributed by atoms with Gasteiger partial charge in [0.2, 0.25) is 0 Å². The number of amides is 2. The highest BCUT2D eigenvalue weighted by molar-refractivity contribution is 5.68. The van der Waals surface area contributed by atoms with Gasteiger partial charge in [0.1, 0.15) is 11.2 Å². The molecular weight excluding hydrogens is 408 g/mol. The standard InChI is InChI=1S/C24H50N4O4/c1-17(15-19(3)27-21(29)31-23(5,6)7)25-13-11-12-14-26-18(2)16-20(4)28-22(30)32-24(8,9)10/h17-20,25-26H,11-16H2,1-10H3,(H,27,29)(H,28,30). The quantitative estimate of drug-likeness (QED) is 0.307. The summed E-state index contributed by atoms with van der Waals surface area (Å²) < 4.78 is 10.6. The highest BCUT2D eigenvalue weighted by atomic mass is 16.6. The molecule has 0 saturated heterocycles. The Morgan fingerprint density at radius 1 is 0.625 bits per heavy atom. The number of rotatable bonds is 13. The van der Waals surface area contributed by atoms with E-state index in [0.717, 1.165) is 38.8 Å². The monoisotopic (exact) mass is 458 g/mol. The van der Waals surface area contributed by atoms with Gasteiger partial charge in [0.05, 0.1) is 0 Å². The van der Waals surface area contributed by atoms with Gasteiger partial charge in [-0.3, -0.25) is 0 Å². The molecule has 4 atom stereocenters. The summed E-state index contributed by atoms with van der Waals surface area (Å²) in [6.07, 6.45) is 3.10. The van der Waals surface area contributed by atoms with Crippen molar-refractivity contribution in [1.82, 2.24) is 21.3 Å². The second kappa shape index (κ2) is 14.6. The van der Waals surface area contributed by atoms with Crippen molar-refractivity contribution in [2.75, 3.05) is 13.1 Å². The summed E-state index contributed by atoms with van der Waals surface area (Å²) in [6.45, 7) is 21.3. The van der Waals surface area contributed by atoms with E-state index in [-0.39, 0.29) is 24.3 Å². The van der Waals surface area contributed by atoms with Crippen LogP contribution in [0.2, 0.25) is 0 Å². The number of ether oxygens (including phenoxy) is 2. The van der Waals surface area contributed by atoms with Crippen molar-refractivity contribution in [1.29, 1.82) is 0 Å². The third kappa shape index (κ3) is 19.2. The number of carbonyl (C=O) groups is 2. The molecule has 0 spiro atoms. The highest BCUT2D eigenvalue weighted by Gasteiger charge is 2.19. The Bertz CT molecular complexity index is 495. The predicted octanol–water partition coefficient (Wildman–Crippen LogP) is 4.33. The molecule has 0 bridgehead atoms. The van der Waals surface area contributed by atoms with Crippen LogP contribution in [0.1, 0.15) is 94.9 Å². The fourth-order valence-corrected chi connectivity index (χ4v) is 3.31. The molecule has 190 valence electrons. The molecule has 0 saturated carbocycles. The van der Waals surface area contributed by atoms with Crippen LogP contribution in [0.4, 0.5) is 9.59 Å². The van der Waals surface area contributed by atoms with Gasteiger partial charge in [-0.15, -0.1) is 0 Å². The van der Waals surface area contributed by atoms with Gasteiger partial charge in [-0.1, -0.05) is 0 Å². The summed E-state index contributed by atoms with van der Waals surface area (Å²) >= 11 is 0. The minimum absolute atomic E-state index is 0.0474. The fraction of sp³-hybridized carbons (Fsp3) is 0.917. The van der Waals surface area contributed by atoms with Crippen LogP contribution < -0.4 is 21.3 Å². The molecule has 4 N–H and O–H groups in total. The molecule has 0 aliphatic rings. The number of hydrogen-bond donors (Lipinski definition) is 4. The van der Waals surface area contributed by atoms with Gasteiger partial charge >= 0.3 is 12.2 Å². The molecular formula is C24H50N4O4. The second-order valence-corrected chi connectivity index (χ2v) is 11.0. The zero-order chi connectivity index (χ0) is 24.9. The molecule has 2 amide bonds. The van der Waals surface area contributed by atoms with E-state index in [9.17, 15) is 9.59 Å². The maximum atomic E-state index is 11.8. The Labute approximate surface area is 196 Å². The largest absolute Gasteiger partial charge is 0.444 e. The number of nitrogens with one attached hydrogen (secondary N) is 4. The van der Waals surface area contributed by atoms with E-state index in [0.29, 0.717) is 12.1 Å². The summed E-state index contributed by atoms with van der Waals surface area (Å²) in [6, 6.07) is 0.718. The molecule has 8 heteroatoms. The van der Waals surface area contributed by atoms with E-state index < -0.39 is 11.2 Å². The maximum absolute atomic E-state index is 11.8. The van der Waals surface area contributed by atoms with Crippen molar-refractivity contribution in [3.8, 4) is 0 Å². The first-order valence-corrected chi connectivity index (χ1v) is 12.0. The number of carbonyl (C=O) groups excluding carboxylic acids is 2. The van der Waals surface area contributed by atoms with Gasteiger partial charge in [0, 0.05) is 24.2 Å². The zero-order valence-electron chi connectivity index (χ0n) is 22.2. The first-order chi connectivity index (χ1) is 14.6. The molecule has 32 heavy (non-hydrogen) atoms. The number of unbranched alkanes of at least 4 members (excludes halogenated alkanes) is 1. The third-order valence-corrected chi connectivity index (χ3v) is 4.53. The van der Waals surface area contributed by atoms with Crippen LogP contribution in [-0.2, 0) is 9.47 Å². The van der Waals surface area contributed by atoms with Crippen molar-refractivity contribution < 1.29 is 19.1 Å². The van der Waals surface area contributed by atoms with Gasteiger partial charge in [-0.2, -0.15) is 0 Å². The first kappa shape index (κ1) is 30.5. The molecule has 0 radical (unpaired) electrons. The molecule has 0 heterocycles. The Kier molecular flexibility index (Phi) is 13.9. The molecule has 0 aliphatic heterocycles. The van der Waals surface area contributed by atoms with E-state index in [2.05, 4.69) is 35.1 Å². The normalized spacial score (nSPS) is 15.9. The summed E-state index contributed by atoms with van der Waals surface area (Å²) in [5.74, 6) is 0. The highest BCUT2D eigenvalue weighted by Crippen LogP contribution is 2.08. The number of alkyl carbamates (subject to hydrolysis) is 2. The van der Waals surface area contributed by atoms with Crippen LogP contribution in [0.3, 0.4) is 0 Å². The van der Waals surface area contributed by atoms with E-state index >= 15 is 0 Å². The molecule has 0 fully saturated rings. The average Bonchev–Trinajstić information content (AvgIpc) is 2.53. The van der Waals surface area contributed by atoms with Crippen LogP contribution in [0, 0.1) is 0 Å². The fourth-order valence-electron chi connectivity index (χ4n) is 3.31. The average molecular weight is 459 g/mol. The van der Waals surface area contributed by atoms with E-state index in [1.165, 1.54) is 0 Å². The SMILES string of the molecule is CC(CC(C)NC(=O)OC(C)(C)C)NCCCCNC(C)CC(C)NC(=O)OC(C)(C)C. The van der Waals surface area contributed by atoms with Crippen LogP contribution >= 0.6 is 0 Å². The van der Waals surface area contributed by atoms with Crippen LogP contribution in [0.25, 0.3) is 0 Å². The Morgan fingerprint density at radius 3 is 1.22 bits per heavy atom. The van der Waals surface area contributed by atoms with E-state index in [4.69, 9.17) is 9.47 Å². The lowest BCUT2D eigenvalue weighted by molar-refractivity contribution is 0.0492. The summed E-state index contributed by atoms with van der Waals surface area (Å²) in [5, 5.41) is 12.8. The molecule has 0 aromatic carbocycles. The minimum Gasteiger partial charge on any atom is -0.444 e. The Balaban J connectivity index is 3.84. The van der Waals surface area contributed by atoms with E-state index in [1.807, 2.05) is 55.4 Å². The van der Waals surface area contributed by atoms with Crippen molar-refractivity contribution in [2.45, 2.75) is 130 Å². The third-order valence-electron chi connectivity index (χ3n) is 4.53. The topological polar surface area (TPSA) is 101 Å². The van der Waals surface area contributed by atoms with Crippen LogP contribution in [0.15, 0.2) is 0 Å². The van der Waals surface area contributed by atoms with E-state index in [1.54, 1.807) is 0 Å². The van der Waals surface area contributed by atoms with Crippen molar-refractivity contribution in [3.05, 3.63) is 0 Å². The molecule has 0 aliphatic carbocycles.